The van der Waals surface area contributed by atoms with Gasteiger partial charge in [0.1, 0.15) is 5.82 Å². The molecule has 1 aromatic heterocycles. The van der Waals surface area contributed by atoms with Gasteiger partial charge in [0.15, 0.2) is 0 Å². The standard InChI is InChI=1S/C20H15FN2O/c21-19-11-15(14-7-9-22-10-8-14)5-6-17(19)13-23-12-16-3-1-2-4-18(16)20(23)24/h1-11H,12-13H2. The second-order valence-electron chi connectivity index (χ2n) is 5.86. The van der Waals surface area contributed by atoms with E-state index in [4.69, 9.17) is 0 Å². The molecule has 118 valence electrons. The zero-order valence-corrected chi connectivity index (χ0v) is 12.9. The summed E-state index contributed by atoms with van der Waals surface area (Å²) >= 11 is 0. The predicted octanol–water partition coefficient (Wildman–Crippen LogP) is 4.04. The topological polar surface area (TPSA) is 33.2 Å². The number of halogens is 1. The summed E-state index contributed by atoms with van der Waals surface area (Å²) in [4.78, 5) is 18.0. The number of amides is 1. The van der Waals surface area contributed by atoms with Gasteiger partial charge in [-0.05, 0) is 41.0 Å². The third-order valence-corrected chi connectivity index (χ3v) is 4.32. The zero-order valence-electron chi connectivity index (χ0n) is 12.9. The summed E-state index contributed by atoms with van der Waals surface area (Å²) in [7, 11) is 0. The zero-order chi connectivity index (χ0) is 16.5. The Morgan fingerprint density at radius 1 is 1.00 bits per heavy atom. The molecule has 1 aliphatic rings. The highest BCUT2D eigenvalue weighted by Gasteiger charge is 2.27. The average Bonchev–Trinajstić information content (AvgIpc) is 2.94. The van der Waals surface area contributed by atoms with Crippen LogP contribution in [0.5, 0.6) is 0 Å². The van der Waals surface area contributed by atoms with Crippen LogP contribution in [0.25, 0.3) is 11.1 Å². The number of carbonyl (C=O) groups is 1. The molecule has 0 N–H and O–H groups in total. The van der Waals surface area contributed by atoms with Crippen LogP contribution in [0.1, 0.15) is 21.5 Å². The molecule has 0 saturated heterocycles. The average molecular weight is 318 g/mol. The maximum absolute atomic E-state index is 14.5. The summed E-state index contributed by atoms with van der Waals surface area (Å²) in [5.74, 6) is -0.337. The summed E-state index contributed by atoms with van der Waals surface area (Å²) in [6.45, 7) is 0.802. The van der Waals surface area contributed by atoms with Crippen LogP contribution >= 0.6 is 0 Å². The smallest absolute Gasteiger partial charge is 0.254 e. The van der Waals surface area contributed by atoms with Crippen LogP contribution in [0.15, 0.2) is 67.0 Å². The van der Waals surface area contributed by atoms with Gasteiger partial charge in [0.05, 0.1) is 0 Å². The Balaban J connectivity index is 1.57. The molecule has 0 unspecified atom stereocenters. The van der Waals surface area contributed by atoms with Crippen LogP contribution in [0, 0.1) is 5.82 Å². The van der Waals surface area contributed by atoms with Crippen LogP contribution in [0.2, 0.25) is 0 Å². The number of pyridine rings is 1. The number of carbonyl (C=O) groups excluding carboxylic acids is 1. The summed E-state index contributed by atoms with van der Waals surface area (Å²) < 4.78 is 14.5. The molecular weight excluding hydrogens is 303 g/mol. The Bertz CT molecular complexity index is 909. The predicted molar refractivity (Wildman–Crippen MR) is 89.7 cm³/mol. The Morgan fingerprint density at radius 3 is 2.54 bits per heavy atom. The van der Waals surface area contributed by atoms with E-state index in [-0.39, 0.29) is 18.3 Å². The number of aromatic nitrogens is 1. The number of hydrogen-bond donors (Lipinski definition) is 0. The monoisotopic (exact) mass is 318 g/mol. The van der Waals surface area contributed by atoms with Gasteiger partial charge in [-0.2, -0.15) is 0 Å². The van der Waals surface area contributed by atoms with Gasteiger partial charge in [-0.3, -0.25) is 9.78 Å². The molecule has 0 aliphatic carbocycles. The van der Waals surface area contributed by atoms with Crippen molar-refractivity contribution in [2.24, 2.45) is 0 Å². The van der Waals surface area contributed by atoms with Crippen molar-refractivity contribution in [1.82, 2.24) is 9.88 Å². The van der Waals surface area contributed by atoms with E-state index < -0.39 is 0 Å². The van der Waals surface area contributed by atoms with E-state index in [0.29, 0.717) is 17.7 Å². The highest BCUT2D eigenvalue weighted by Crippen LogP contribution is 2.26. The number of nitrogens with zero attached hydrogens (tertiary/aromatic N) is 2. The molecule has 4 heteroatoms. The van der Waals surface area contributed by atoms with Crippen molar-refractivity contribution in [2.75, 3.05) is 0 Å². The maximum atomic E-state index is 14.5. The SMILES string of the molecule is O=C1c2ccccc2CN1Cc1ccc(-c2ccncc2)cc1F. The fraction of sp³-hybridized carbons (Fsp3) is 0.100. The largest absolute Gasteiger partial charge is 0.330 e. The van der Waals surface area contributed by atoms with Gasteiger partial charge >= 0.3 is 0 Å². The second kappa shape index (κ2) is 5.89. The Morgan fingerprint density at radius 2 is 1.79 bits per heavy atom. The van der Waals surface area contributed by atoms with Gasteiger partial charge in [0.2, 0.25) is 0 Å². The van der Waals surface area contributed by atoms with E-state index in [1.165, 1.54) is 6.07 Å². The maximum Gasteiger partial charge on any atom is 0.254 e. The first-order valence-electron chi connectivity index (χ1n) is 7.78. The minimum atomic E-state index is -0.298. The molecule has 0 fully saturated rings. The molecule has 0 radical (unpaired) electrons. The van der Waals surface area contributed by atoms with Crippen LogP contribution in [0.3, 0.4) is 0 Å². The molecule has 0 atom stereocenters. The Hall–Kier alpha value is -3.01. The first-order valence-corrected chi connectivity index (χ1v) is 7.78. The molecule has 0 bridgehead atoms. The van der Waals surface area contributed by atoms with Crippen molar-refractivity contribution in [2.45, 2.75) is 13.1 Å². The first kappa shape index (κ1) is 14.6. The Kier molecular flexibility index (Phi) is 3.58. The number of rotatable bonds is 3. The second-order valence-corrected chi connectivity index (χ2v) is 5.86. The molecule has 0 saturated carbocycles. The number of benzene rings is 2. The summed E-state index contributed by atoms with van der Waals surface area (Å²) in [6, 6.07) is 16.4. The molecule has 3 aromatic rings. The minimum absolute atomic E-state index is 0.0387. The summed E-state index contributed by atoms with van der Waals surface area (Å²) in [5.41, 5.74) is 3.95. The van der Waals surface area contributed by atoms with Gasteiger partial charge in [-0.25, -0.2) is 4.39 Å². The van der Waals surface area contributed by atoms with E-state index >= 15 is 0 Å². The Labute approximate surface area is 139 Å². The number of hydrogen-bond acceptors (Lipinski definition) is 2. The normalized spacial score (nSPS) is 13.2. The molecule has 24 heavy (non-hydrogen) atoms. The highest BCUT2D eigenvalue weighted by molar-refractivity contribution is 5.98. The highest BCUT2D eigenvalue weighted by atomic mass is 19.1. The van der Waals surface area contributed by atoms with Gasteiger partial charge in [0.25, 0.3) is 5.91 Å². The van der Waals surface area contributed by atoms with Crippen molar-refractivity contribution < 1.29 is 9.18 Å². The molecule has 1 amide bonds. The van der Waals surface area contributed by atoms with Crippen molar-refractivity contribution in [3.05, 3.63) is 89.5 Å². The van der Waals surface area contributed by atoms with E-state index in [2.05, 4.69) is 4.98 Å². The molecular formula is C20H15FN2O. The first-order chi connectivity index (χ1) is 11.7. The van der Waals surface area contributed by atoms with E-state index in [1.54, 1.807) is 23.4 Å². The minimum Gasteiger partial charge on any atom is -0.330 e. The molecule has 0 spiro atoms. The summed E-state index contributed by atoms with van der Waals surface area (Å²) in [6.07, 6.45) is 3.36. The fourth-order valence-corrected chi connectivity index (χ4v) is 3.05. The van der Waals surface area contributed by atoms with E-state index in [1.807, 2.05) is 42.5 Å². The van der Waals surface area contributed by atoms with Crippen molar-refractivity contribution in [3.8, 4) is 11.1 Å². The van der Waals surface area contributed by atoms with Crippen LogP contribution in [0.4, 0.5) is 4.39 Å². The quantitative estimate of drug-likeness (QED) is 0.730. The van der Waals surface area contributed by atoms with Crippen LogP contribution < -0.4 is 0 Å². The molecule has 2 heterocycles. The lowest BCUT2D eigenvalue weighted by molar-refractivity contribution is 0.0765. The van der Waals surface area contributed by atoms with Crippen molar-refractivity contribution in [3.63, 3.8) is 0 Å². The van der Waals surface area contributed by atoms with E-state index in [0.717, 1.165) is 16.7 Å². The molecule has 2 aromatic carbocycles. The lowest BCUT2D eigenvalue weighted by Gasteiger charge is -2.16. The lowest BCUT2D eigenvalue weighted by Crippen LogP contribution is -2.23. The van der Waals surface area contributed by atoms with Crippen molar-refractivity contribution in [1.29, 1.82) is 0 Å². The van der Waals surface area contributed by atoms with Crippen molar-refractivity contribution >= 4 is 5.91 Å². The third-order valence-electron chi connectivity index (χ3n) is 4.32. The molecule has 3 nitrogen and oxygen atoms in total. The summed E-state index contributed by atoms with van der Waals surface area (Å²) in [5, 5.41) is 0. The van der Waals surface area contributed by atoms with Gasteiger partial charge in [-0.15, -0.1) is 0 Å². The van der Waals surface area contributed by atoms with Gasteiger partial charge < -0.3 is 4.90 Å². The molecule has 4 rings (SSSR count). The van der Waals surface area contributed by atoms with E-state index in [9.17, 15) is 9.18 Å². The van der Waals surface area contributed by atoms with Crippen LogP contribution in [-0.2, 0) is 13.1 Å². The molecule has 1 aliphatic heterocycles. The van der Waals surface area contributed by atoms with Gasteiger partial charge in [-0.1, -0.05) is 30.3 Å². The fourth-order valence-electron chi connectivity index (χ4n) is 3.05. The third kappa shape index (κ3) is 2.56. The lowest BCUT2D eigenvalue weighted by atomic mass is 10.0. The number of fused-ring (bicyclic) bond motifs is 1. The van der Waals surface area contributed by atoms with Gasteiger partial charge in [0, 0.05) is 36.6 Å². The van der Waals surface area contributed by atoms with Crippen LogP contribution in [-0.4, -0.2) is 15.8 Å².